The third-order valence-corrected chi connectivity index (χ3v) is 4.56. The number of halogens is 1. The van der Waals surface area contributed by atoms with Gasteiger partial charge in [-0.05, 0) is 68.8 Å². The monoisotopic (exact) mass is 276 g/mol. The lowest BCUT2D eigenvalue weighted by molar-refractivity contribution is 0.192. The summed E-state index contributed by atoms with van der Waals surface area (Å²) in [6, 6.07) is 6.32. The van der Waals surface area contributed by atoms with E-state index < -0.39 is 0 Å². The van der Waals surface area contributed by atoms with Gasteiger partial charge in [-0.15, -0.1) is 0 Å². The van der Waals surface area contributed by atoms with E-state index in [-0.39, 0.29) is 5.82 Å². The molecule has 1 saturated heterocycles. The standard InChI is InChI=1S/C17H25FN2/c1-13-9-14(4-7-17(13)18)11-20(16-5-6-16)12-15-3-2-8-19-10-15/h4,7,9,15-16,19H,2-3,5-6,8,10-12H2,1H3. The molecule has 0 bridgehead atoms. The molecule has 2 aliphatic rings. The number of aryl methyl sites for hydroxylation is 1. The second-order valence-corrected chi connectivity index (χ2v) is 6.46. The molecule has 1 saturated carbocycles. The molecule has 1 aromatic carbocycles. The highest BCUT2D eigenvalue weighted by molar-refractivity contribution is 5.24. The van der Waals surface area contributed by atoms with Crippen molar-refractivity contribution in [2.75, 3.05) is 19.6 Å². The first-order valence-corrected chi connectivity index (χ1v) is 7.92. The Balaban J connectivity index is 1.62. The molecule has 1 aliphatic heterocycles. The Bertz CT molecular complexity index is 450. The second-order valence-electron chi connectivity index (χ2n) is 6.46. The normalized spacial score (nSPS) is 23.2. The molecule has 0 amide bonds. The van der Waals surface area contributed by atoms with Crippen molar-refractivity contribution in [3.8, 4) is 0 Å². The first-order chi connectivity index (χ1) is 9.72. The number of nitrogens with one attached hydrogen (secondary N) is 1. The van der Waals surface area contributed by atoms with Crippen LogP contribution in [-0.4, -0.2) is 30.6 Å². The van der Waals surface area contributed by atoms with E-state index >= 15 is 0 Å². The molecule has 110 valence electrons. The molecule has 3 rings (SSSR count). The Morgan fingerprint density at radius 3 is 2.80 bits per heavy atom. The van der Waals surface area contributed by atoms with Crippen molar-refractivity contribution >= 4 is 0 Å². The molecule has 0 radical (unpaired) electrons. The topological polar surface area (TPSA) is 15.3 Å². The van der Waals surface area contributed by atoms with E-state index in [0.29, 0.717) is 0 Å². The van der Waals surface area contributed by atoms with Crippen LogP contribution in [0.2, 0.25) is 0 Å². The molecular weight excluding hydrogens is 251 g/mol. The number of hydrogen-bond donors (Lipinski definition) is 1. The summed E-state index contributed by atoms with van der Waals surface area (Å²) in [6.07, 6.45) is 5.32. The highest BCUT2D eigenvalue weighted by Gasteiger charge is 2.30. The molecule has 1 atom stereocenters. The number of hydrogen-bond acceptors (Lipinski definition) is 2. The number of nitrogens with zero attached hydrogens (tertiary/aromatic N) is 1. The summed E-state index contributed by atoms with van der Waals surface area (Å²) in [5.74, 6) is 0.689. The maximum absolute atomic E-state index is 13.4. The van der Waals surface area contributed by atoms with Gasteiger partial charge >= 0.3 is 0 Å². The third-order valence-electron chi connectivity index (χ3n) is 4.56. The minimum atomic E-state index is -0.0943. The molecular formula is C17H25FN2. The van der Waals surface area contributed by atoms with Crippen molar-refractivity contribution in [2.24, 2.45) is 5.92 Å². The summed E-state index contributed by atoms with van der Waals surface area (Å²) in [5, 5.41) is 3.50. The maximum atomic E-state index is 13.4. The Morgan fingerprint density at radius 1 is 1.30 bits per heavy atom. The van der Waals surface area contributed by atoms with Gasteiger partial charge in [0.2, 0.25) is 0 Å². The highest BCUT2D eigenvalue weighted by atomic mass is 19.1. The van der Waals surface area contributed by atoms with E-state index in [1.807, 2.05) is 19.1 Å². The van der Waals surface area contributed by atoms with Crippen LogP contribution in [0.15, 0.2) is 18.2 Å². The van der Waals surface area contributed by atoms with Crippen LogP contribution in [0, 0.1) is 18.7 Å². The molecule has 1 aliphatic carbocycles. The molecule has 20 heavy (non-hydrogen) atoms. The summed E-state index contributed by atoms with van der Waals surface area (Å²) in [5.41, 5.74) is 2.01. The van der Waals surface area contributed by atoms with Crippen LogP contribution >= 0.6 is 0 Å². The van der Waals surface area contributed by atoms with Gasteiger partial charge in [0.15, 0.2) is 0 Å². The zero-order valence-corrected chi connectivity index (χ0v) is 12.4. The third kappa shape index (κ3) is 3.58. The molecule has 1 aromatic rings. The number of benzene rings is 1. The van der Waals surface area contributed by atoms with Crippen LogP contribution in [0.1, 0.15) is 36.8 Å². The fraction of sp³-hybridized carbons (Fsp3) is 0.647. The highest BCUT2D eigenvalue weighted by Crippen LogP contribution is 2.30. The number of piperidine rings is 1. The minimum absolute atomic E-state index is 0.0943. The van der Waals surface area contributed by atoms with Crippen LogP contribution in [0.5, 0.6) is 0 Å². The predicted molar refractivity (Wildman–Crippen MR) is 80.2 cm³/mol. The average molecular weight is 276 g/mol. The zero-order chi connectivity index (χ0) is 13.9. The molecule has 1 heterocycles. The van der Waals surface area contributed by atoms with Crippen molar-refractivity contribution in [2.45, 2.75) is 45.2 Å². The summed E-state index contributed by atoms with van der Waals surface area (Å²) in [7, 11) is 0. The minimum Gasteiger partial charge on any atom is -0.316 e. The lowest BCUT2D eigenvalue weighted by Gasteiger charge is -2.30. The average Bonchev–Trinajstić information content (AvgIpc) is 3.28. The lowest BCUT2D eigenvalue weighted by Crippen LogP contribution is -2.39. The van der Waals surface area contributed by atoms with Crippen molar-refractivity contribution in [3.05, 3.63) is 35.1 Å². The van der Waals surface area contributed by atoms with E-state index in [2.05, 4.69) is 10.2 Å². The first-order valence-electron chi connectivity index (χ1n) is 7.92. The molecule has 1 unspecified atom stereocenters. The maximum Gasteiger partial charge on any atom is 0.126 e. The number of rotatable bonds is 5. The molecule has 2 fully saturated rings. The molecule has 1 N–H and O–H groups in total. The van der Waals surface area contributed by atoms with Crippen LogP contribution in [0.25, 0.3) is 0 Å². The zero-order valence-electron chi connectivity index (χ0n) is 12.4. The molecule has 0 aromatic heterocycles. The fourth-order valence-electron chi connectivity index (χ4n) is 3.23. The van der Waals surface area contributed by atoms with E-state index in [1.54, 1.807) is 6.07 Å². The van der Waals surface area contributed by atoms with Crippen LogP contribution < -0.4 is 5.32 Å². The van der Waals surface area contributed by atoms with Crippen molar-refractivity contribution < 1.29 is 4.39 Å². The second kappa shape index (κ2) is 6.23. The summed E-state index contributed by atoms with van der Waals surface area (Å²) in [4.78, 5) is 2.62. The fourth-order valence-corrected chi connectivity index (χ4v) is 3.23. The summed E-state index contributed by atoms with van der Waals surface area (Å²) < 4.78 is 13.4. The largest absolute Gasteiger partial charge is 0.316 e. The Morgan fingerprint density at radius 2 is 2.15 bits per heavy atom. The molecule has 0 spiro atoms. The van der Waals surface area contributed by atoms with Gasteiger partial charge in [-0.25, -0.2) is 4.39 Å². The van der Waals surface area contributed by atoms with Crippen LogP contribution in [0.3, 0.4) is 0 Å². The SMILES string of the molecule is Cc1cc(CN(CC2CCCNC2)C2CC2)ccc1F. The Labute approximate surface area is 121 Å². The van der Waals surface area contributed by atoms with E-state index in [0.717, 1.165) is 30.6 Å². The van der Waals surface area contributed by atoms with Gasteiger partial charge in [-0.3, -0.25) is 4.90 Å². The van der Waals surface area contributed by atoms with Crippen molar-refractivity contribution in [3.63, 3.8) is 0 Å². The van der Waals surface area contributed by atoms with Gasteiger partial charge in [-0.1, -0.05) is 12.1 Å². The summed E-state index contributed by atoms with van der Waals surface area (Å²) >= 11 is 0. The van der Waals surface area contributed by atoms with Gasteiger partial charge in [-0.2, -0.15) is 0 Å². The van der Waals surface area contributed by atoms with Gasteiger partial charge in [0.25, 0.3) is 0 Å². The van der Waals surface area contributed by atoms with Crippen LogP contribution in [0.4, 0.5) is 4.39 Å². The van der Waals surface area contributed by atoms with Gasteiger partial charge in [0, 0.05) is 19.1 Å². The van der Waals surface area contributed by atoms with Crippen LogP contribution in [-0.2, 0) is 6.54 Å². The summed E-state index contributed by atoms with van der Waals surface area (Å²) in [6.45, 7) is 6.35. The van der Waals surface area contributed by atoms with Gasteiger partial charge in [0.1, 0.15) is 5.82 Å². The van der Waals surface area contributed by atoms with E-state index in [9.17, 15) is 4.39 Å². The van der Waals surface area contributed by atoms with E-state index in [1.165, 1.54) is 44.3 Å². The van der Waals surface area contributed by atoms with Crippen molar-refractivity contribution in [1.82, 2.24) is 10.2 Å². The predicted octanol–water partition coefficient (Wildman–Crippen LogP) is 3.10. The Hall–Kier alpha value is -0.930. The molecule has 2 nitrogen and oxygen atoms in total. The van der Waals surface area contributed by atoms with Crippen molar-refractivity contribution in [1.29, 1.82) is 0 Å². The lowest BCUT2D eigenvalue weighted by atomic mass is 9.98. The smallest absolute Gasteiger partial charge is 0.126 e. The molecule has 3 heteroatoms. The quantitative estimate of drug-likeness (QED) is 0.889. The van der Waals surface area contributed by atoms with Gasteiger partial charge < -0.3 is 5.32 Å². The van der Waals surface area contributed by atoms with E-state index in [4.69, 9.17) is 0 Å². The first kappa shape index (κ1) is 14.0. The van der Waals surface area contributed by atoms with Gasteiger partial charge in [0.05, 0.1) is 0 Å². The Kier molecular flexibility index (Phi) is 4.37.